The first-order chi connectivity index (χ1) is 27.5. The van der Waals surface area contributed by atoms with Crippen molar-refractivity contribution in [1.29, 1.82) is 0 Å². The Bertz CT molecular complexity index is 3010. The van der Waals surface area contributed by atoms with Crippen LogP contribution in [-0.2, 0) is 16.2 Å². The molecular formula is C55H45NS. The number of thiophene rings is 1. The van der Waals surface area contributed by atoms with Gasteiger partial charge in [0.2, 0.25) is 0 Å². The maximum absolute atomic E-state index is 2.66. The van der Waals surface area contributed by atoms with Crippen LogP contribution in [0.5, 0.6) is 0 Å². The van der Waals surface area contributed by atoms with Crippen LogP contribution in [0, 0.1) is 0 Å². The van der Waals surface area contributed by atoms with E-state index in [-0.39, 0.29) is 10.8 Å². The average Bonchev–Trinajstić information content (AvgIpc) is 3.85. The van der Waals surface area contributed by atoms with E-state index in [4.69, 9.17) is 0 Å². The second-order valence-corrected chi connectivity index (χ2v) is 19.2. The Morgan fingerprint density at radius 1 is 0.456 bits per heavy atom. The zero-order chi connectivity index (χ0) is 38.8. The summed E-state index contributed by atoms with van der Waals surface area (Å²) in [6, 6.07) is 62.4. The lowest BCUT2D eigenvalue weighted by Crippen LogP contribution is -2.28. The molecule has 2 aliphatic rings. The van der Waals surface area contributed by atoms with E-state index in [1.54, 1.807) is 0 Å². The van der Waals surface area contributed by atoms with Crippen molar-refractivity contribution in [2.24, 2.45) is 0 Å². The summed E-state index contributed by atoms with van der Waals surface area (Å²) < 4.78 is 2.62. The fourth-order valence-electron chi connectivity index (χ4n) is 10.1. The van der Waals surface area contributed by atoms with Gasteiger partial charge in [-0.2, -0.15) is 0 Å². The van der Waals surface area contributed by atoms with E-state index >= 15 is 0 Å². The van der Waals surface area contributed by atoms with Gasteiger partial charge in [-0.25, -0.2) is 0 Å². The minimum Gasteiger partial charge on any atom is -0.309 e. The van der Waals surface area contributed by atoms with Crippen LogP contribution in [-0.4, -0.2) is 0 Å². The summed E-state index contributed by atoms with van der Waals surface area (Å²) in [5.74, 6) is 0. The minimum atomic E-state index is -0.501. The Hall–Kier alpha value is -5.96. The molecule has 8 aromatic carbocycles. The average molecular weight is 752 g/mol. The SMILES string of the molecule is CC(C)(C)c1cc(N(c2cccc3c2C2(c4ccccc4-c4ccccc42)c2ccccc2-3)c2cc3ccccc3c3c2sc2ccccc23)cc(C(C)(C)C)c1. The van der Waals surface area contributed by atoms with Crippen LogP contribution in [0.1, 0.15) is 74.9 Å². The van der Waals surface area contributed by atoms with E-state index in [1.165, 1.54) is 104 Å². The highest BCUT2D eigenvalue weighted by Crippen LogP contribution is 2.65. The van der Waals surface area contributed by atoms with Crippen molar-refractivity contribution in [3.63, 3.8) is 0 Å². The summed E-state index contributed by atoms with van der Waals surface area (Å²) in [5.41, 5.74) is 16.4. The van der Waals surface area contributed by atoms with Crippen molar-refractivity contribution in [3.8, 4) is 22.3 Å². The predicted molar refractivity (Wildman–Crippen MR) is 245 cm³/mol. The lowest BCUT2D eigenvalue weighted by Gasteiger charge is -2.37. The summed E-state index contributed by atoms with van der Waals surface area (Å²) in [6.45, 7) is 14.1. The molecule has 0 N–H and O–H groups in total. The fraction of sp³-hybridized carbons (Fsp3) is 0.164. The van der Waals surface area contributed by atoms with Crippen molar-refractivity contribution in [3.05, 3.63) is 197 Å². The Balaban J connectivity index is 1.34. The molecule has 0 saturated carbocycles. The zero-order valence-electron chi connectivity index (χ0n) is 33.4. The smallest absolute Gasteiger partial charge is 0.0746 e. The van der Waals surface area contributed by atoms with E-state index in [0.29, 0.717) is 0 Å². The van der Waals surface area contributed by atoms with Gasteiger partial charge in [-0.15, -0.1) is 11.3 Å². The zero-order valence-corrected chi connectivity index (χ0v) is 34.3. The van der Waals surface area contributed by atoms with Gasteiger partial charge in [0.1, 0.15) is 0 Å². The van der Waals surface area contributed by atoms with Gasteiger partial charge in [0, 0.05) is 26.7 Å². The third-order valence-electron chi connectivity index (χ3n) is 12.7. The molecule has 1 spiro atoms. The first kappa shape index (κ1) is 34.3. The molecule has 276 valence electrons. The predicted octanol–water partition coefficient (Wildman–Crippen LogP) is 15.6. The molecule has 11 rings (SSSR count). The fourth-order valence-corrected chi connectivity index (χ4v) is 11.3. The molecule has 1 aromatic heterocycles. The van der Waals surface area contributed by atoms with Crippen LogP contribution in [0.15, 0.2) is 164 Å². The minimum absolute atomic E-state index is 0.0581. The number of benzene rings is 8. The molecule has 0 aliphatic heterocycles. The highest BCUT2D eigenvalue weighted by molar-refractivity contribution is 7.26. The third-order valence-corrected chi connectivity index (χ3v) is 13.9. The van der Waals surface area contributed by atoms with Gasteiger partial charge in [0.25, 0.3) is 0 Å². The first-order valence-electron chi connectivity index (χ1n) is 20.3. The topological polar surface area (TPSA) is 3.24 Å². The number of hydrogen-bond acceptors (Lipinski definition) is 2. The normalized spacial score (nSPS) is 13.9. The number of rotatable bonds is 3. The largest absolute Gasteiger partial charge is 0.309 e. The lowest BCUT2D eigenvalue weighted by atomic mass is 9.70. The quantitative estimate of drug-likeness (QED) is 0.174. The molecule has 0 fully saturated rings. The highest BCUT2D eigenvalue weighted by atomic mass is 32.1. The Morgan fingerprint density at radius 2 is 0.965 bits per heavy atom. The van der Waals surface area contributed by atoms with E-state index in [9.17, 15) is 0 Å². The molecular weight excluding hydrogens is 707 g/mol. The Labute approximate surface area is 339 Å². The van der Waals surface area contributed by atoms with Gasteiger partial charge < -0.3 is 4.90 Å². The van der Waals surface area contributed by atoms with Crippen molar-refractivity contribution in [2.45, 2.75) is 57.8 Å². The van der Waals surface area contributed by atoms with Crippen LogP contribution in [0.4, 0.5) is 17.1 Å². The Morgan fingerprint density at radius 3 is 1.58 bits per heavy atom. The molecule has 0 atom stereocenters. The van der Waals surface area contributed by atoms with Crippen molar-refractivity contribution in [1.82, 2.24) is 0 Å². The molecule has 0 amide bonds. The standard InChI is InChI=1S/C55H45NS/c1-53(2,3)35-31-36(54(4,5)6)33-37(32-35)56(48-30-34-18-7-8-19-38(34)50-43-23-12-16-29-49(43)57-52(48)50)47-28-17-24-42-41-22-11-15-27-46(41)55(51(42)47)44-25-13-9-20-39(44)40-21-10-14-26-45(40)55/h7-33H,1-6H3. The van der Waals surface area contributed by atoms with Crippen molar-refractivity contribution >= 4 is 59.3 Å². The van der Waals surface area contributed by atoms with Crippen molar-refractivity contribution < 1.29 is 0 Å². The number of nitrogens with zero attached hydrogens (tertiary/aromatic N) is 1. The summed E-state index contributed by atoms with van der Waals surface area (Å²) in [6.07, 6.45) is 0. The molecule has 0 radical (unpaired) electrons. The third kappa shape index (κ3) is 4.80. The Kier molecular flexibility index (Phi) is 7.24. The van der Waals surface area contributed by atoms with Crippen molar-refractivity contribution in [2.75, 3.05) is 4.90 Å². The second kappa shape index (κ2) is 12.0. The van der Waals surface area contributed by atoms with Gasteiger partial charge in [-0.1, -0.05) is 175 Å². The molecule has 57 heavy (non-hydrogen) atoms. The molecule has 2 aliphatic carbocycles. The lowest BCUT2D eigenvalue weighted by molar-refractivity contribution is 0.569. The van der Waals surface area contributed by atoms with Gasteiger partial charge in [0.15, 0.2) is 0 Å². The summed E-state index contributed by atoms with van der Waals surface area (Å²) >= 11 is 1.92. The van der Waals surface area contributed by atoms with Crippen LogP contribution in [0.2, 0.25) is 0 Å². The molecule has 9 aromatic rings. The van der Waals surface area contributed by atoms with E-state index < -0.39 is 5.41 Å². The molecule has 0 bridgehead atoms. The number of fused-ring (bicyclic) bond motifs is 15. The monoisotopic (exact) mass is 751 g/mol. The van der Waals surface area contributed by atoms with Crippen LogP contribution < -0.4 is 4.90 Å². The van der Waals surface area contributed by atoms with Gasteiger partial charge in [0.05, 0.1) is 21.5 Å². The van der Waals surface area contributed by atoms with Gasteiger partial charge in [-0.05, 0) is 102 Å². The molecule has 1 heterocycles. The molecule has 0 saturated heterocycles. The van der Waals surface area contributed by atoms with Crippen LogP contribution in [0.3, 0.4) is 0 Å². The number of hydrogen-bond donors (Lipinski definition) is 0. The van der Waals surface area contributed by atoms with E-state index in [0.717, 1.165) is 0 Å². The van der Waals surface area contributed by atoms with Gasteiger partial charge in [-0.3, -0.25) is 0 Å². The number of anilines is 3. The second-order valence-electron chi connectivity index (χ2n) is 18.1. The van der Waals surface area contributed by atoms with Crippen LogP contribution >= 0.6 is 11.3 Å². The molecule has 1 nitrogen and oxygen atoms in total. The maximum atomic E-state index is 2.66. The van der Waals surface area contributed by atoms with E-state index in [1.807, 2.05) is 11.3 Å². The van der Waals surface area contributed by atoms with E-state index in [2.05, 4.69) is 210 Å². The van der Waals surface area contributed by atoms with Crippen LogP contribution in [0.25, 0.3) is 53.2 Å². The summed E-state index contributed by atoms with van der Waals surface area (Å²) in [4.78, 5) is 2.66. The maximum Gasteiger partial charge on any atom is 0.0746 e. The molecule has 2 heteroatoms. The highest BCUT2D eigenvalue weighted by Gasteiger charge is 2.53. The molecule has 0 unspecified atom stereocenters. The first-order valence-corrected chi connectivity index (χ1v) is 21.1. The van der Waals surface area contributed by atoms with Gasteiger partial charge >= 0.3 is 0 Å². The summed E-state index contributed by atoms with van der Waals surface area (Å²) in [7, 11) is 0. The summed E-state index contributed by atoms with van der Waals surface area (Å²) in [5, 5.41) is 5.20.